The van der Waals surface area contributed by atoms with E-state index in [0.717, 1.165) is 31.7 Å². The summed E-state index contributed by atoms with van der Waals surface area (Å²) in [6, 6.07) is 7.44. The average molecular weight is 231 g/mol. The number of benzene rings is 1. The van der Waals surface area contributed by atoms with E-state index in [1.54, 1.807) is 12.1 Å². The lowest BCUT2D eigenvalue weighted by molar-refractivity contribution is 0.0315. The molecule has 17 heavy (non-hydrogen) atoms. The fraction of sp³-hybridized carbons (Fsp3) is 0.462. The Labute approximate surface area is 101 Å². The Morgan fingerprint density at radius 1 is 1.59 bits per heavy atom. The number of anilines is 2. The van der Waals surface area contributed by atoms with Gasteiger partial charge in [-0.3, -0.25) is 0 Å². The Morgan fingerprint density at radius 3 is 3.00 bits per heavy atom. The fourth-order valence-electron chi connectivity index (χ4n) is 2.04. The largest absolute Gasteiger partial charge is 0.398 e. The van der Waals surface area contributed by atoms with Crippen LogP contribution in [0.1, 0.15) is 25.3 Å². The van der Waals surface area contributed by atoms with Gasteiger partial charge < -0.3 is 15.8 Å². The molecule has 1 unspecified atom stereocenters. The van der Waals surface area contributed by atoms with Crippen molar-refractivity contribution >= 4 is 11.4 Å². The second kappa shape index (κ2) is 4.64. The van der Waals surface area contributed by atoms with E-state index in [2.05, 4.69) is 12.2 Å². The Kier molecular flexibility index (Phi) is 3.21. The van der Waals surface area contributed by atoms with Crippen LogP contribution in [0.15, 0.2) is 18.2 Å². The molecule has 1 aliphatic heterocycles. The Bertz CT molecular complexity index is 444. The molecular formula is C13H17N3O. The molecular weight excluding hydrogens is 214 g/mol. The monoisotopic (exact) mass is 231 g/mol. The standard InChI is InChI=1S/C13H17N3O/c1-13(5-2-6-17-13)9-16-11-4-3-10(8-14)12(15)7-11/h3-4,7,16H,2,5-6,9,15H2,1H3. The third-order valence-corrected chi connectivity index (χ3v) is 3.14. The van der Waals surface area contributed by atoms with Crippen LogP contribution in [-0.2, 0) is 4.74 Å². The number of nitrogens with two attached hydrogens (primary N) is 1. The molecule has 90 valence electrons. The predicted molar refractivity (Wildman–Crippen MR) is 67.7 cm³/mol. The first-order valence-corrected chi connectivity index (χ1v) is 5.80. The zero-order valence-electron chi connectivity index (χ0n) is 9.99. The van der Waals surface area contributed by atoms with Crippen molar-refractivity contribution in [3.63, 3.8) is 0 Å². The summed E-state index contributed by atoms with van der Waals surface area (Å²) in [5, 5.41) is 12.1. The molecule has 1 heterocycles. The third kappa shape index (κ3) is 2.69. The molecule has 1 fully saturated rings. The zero-order chi connectivity index (χ0) is 12.3. The van der Waals surface area contributed by atoms with Crippen molar-refractivity contribution < 1.29 is 4.74 Å². The fourth-order valence-corrected chi connectivity index (χ4v) is 2.04. The Morgan fingerprint density at radius 2 is 2.41 bits per heavy atom. The van der Waals surface area contributed by atoms with Gasteiger partial charge in [0.25, 0.3) is 0 Å². The molecule has 0 aliphatic carbocycles. The summed E-state index contributed by atoms with van der Waals surface area (Å²) in [6.45, 7) is 3.71. The highest BCUT2D eigenvalue weighted by molar-refractivity contribution is 5.62. The van der Waals surface area contributed by atoms with Crippen LogP contribution in [0.3, 0.4) is 0 Å². The van der Waals surface area contributed by atoms with Crippen LogP contribution in [0.5, 0.6) is 0 Å². The van der Waals surface area contributed by atoms with E-state index in [-0.39, 0.29) is 5.60 Å². The number of nitrogen functional groups attached to an aromatic ring is 1. The number of hydrogen-bond acceptors (Lipinski definition) is 4. The van der Waals surface area contributed by atoms with Gasteiger partial charge in [0, 0.05) is 18.8 Å². The molecule has 1 aromatic rings. The first-order valence-electron chi connectivity index (χ1n) is 5.80. The summed E-state index contributed by atoms with van der Waals surface area (Å²) < 4.78 is 5.69. The van der Waals surface area contributed by atoms with Gasteiger partial charge in [-0.05, 0) is 38.0 Å². The van der Waals surface area contributed by atoms with Crippen LogP contribution in [0.2, 0.25) is 0 Å². The third-order valence-electron chi connectivity index (χ3n) is 3.14. The average Bonchev–Trinajstić information content (AvgIpc) is 2.74. The van der Waals surface area contributed by atoms with Crippen LogP contribution in [0.4, 0.5) is 11.4 Å². The highest BCUT2D eigenvalue weighted by atomic mass is 16.5. The molecule has 0 bridgehead atoms. The van der Waals surface area contributed by atoms with Gasteiger partial charge in [0.2, 0.25) is 0 Å². The molecule has 0 aromatic heterocycles. The van der Waals surface area contributed by atoms with Crippen molar-refractivity contribution in [2.75, 3.05) is 24.2 Å². The number of rotatable bonds is 3. The first kappa shape index (κ1) is 11.7. The molecule has 4 heteroatoms. The molecule has 0 radical (unpaired) electrons. The van der Waals surface area contributed by atoms with Crippen LogP contribution in [0, 0.1) is 11.3 Å². The summed E-state index contributed by atoms with van der Waals surface area (Å²) >= 11 is 0. The van der Waals surface area contributed by atoms with E-state index < -0.39 is 0 Å². The number of ether oxygens (including phenoxy) is 1. The Hall–Kier alpha value is -1.73. The minimum atomic E-state index is -0.0807. The molecule has 1 aliphatic rings. The minimum absolute atomic E-state index is 0.0807. The molecule has 0 amide bonds. The SMILES string of the molecule is CC1(CNc2ccc(C#N)c(N)c2)CCCO1. The summed E-state index contributed by atoms with van der Waals surface area (Å²) in [4.78, 5) is 0. The highest BCUT2D eigenvalue weighted by Gasteiger charge is 2.29. The van der Waals surface area contributed by atoms with Gasteiger partial charge >= 0.3 is 0 Å². The minimum Gasteiger partial charge on any atom is -0.398 e. The maximum Gasteiger partial charge on any atom is 0.101 e. The van der Waals surface area contributed by atoms with E-state index in [1.165, 1.54) is 0 Å². The maximum atomic E-state index is 8.78. The van der Waals surface area contributed by atoms with E-state index in [0.29, 0.717) is 11.3 Å². The van der Waals surface area contributed by atoms with Crippen LogP contribution >= 0.6 is 0 Å². The lowest BCUT2D eigenvalue weighted by Gasteiger charge is -2.24. The van der Waals surface area contributed by atoms with Gasteiger partial charge in [-0.1, -0.05) is 0 Å². The molecule has 0 saturated carbocycles. The topological polar surface area (TPSA) is 71.1 Å². The first-order chi connectivity index (χ1) is 8.13. The lowest BCUT2D eigenvalue weighted by atomic mass is 10.0. The molecule has 1 aromatic carbocycles. The van der Waals surface area contributed by atoms with Crippen molar-refractivity contribution in [3.8, 4) is 6.07 Å². The second-order valence-electron chi connectivity index (χ2n) is 4.67. The molecule has 1 atom stereocenters. The van der Waals surface area contributed by atoms with E-state index in [9.17, 15) is 0 Å². The van der Waals surface area contributed by atoms with E-state index >= 15 is 0 Å². The van der Waals surface area contributed by atoms with Gasteiger partial charge in [0.05, 0.1) is 16.9 Å². The zero-order valence-corrected chi connectivity index (χ0v) is 9.99. The molecule has 0 spiro atoms. The summed E-state index contributed by atoms with van der Waals surface area (Å²) in [5.74, 6) is 0. The maximum absolute atomic E-state index is 8.78. The number of nitriles is 1. The summed E-state index contributed by atoms with van der Waals surface area (Å²) in [6.07, 6.45) is 2.19. The number of nitrogens with zero attached hydrogens (tertiary/aromatic N) is 1. The van der Waals surface area contributed by atoms with Crippen LogP contribution in [-0.4, -0.2) is 18.8 Å². The predicted octanol–water partition coefficient (Wildman–Crippen LogP) is 2.12. The van der Waals surface area contributed by atoms with E-state index in [4.69, 9.17) is 15.7 Å². The van der Waals surface area contributed by atoms with Crippen LogP contribution < -0.4 is 11.1 Å². The molecule has 1 saturated heterocycles. The molecule has 4 nitrogen and oxygen atoms in total. The van der Waals surface area contributed by atoms with Gasteiger partial charge in [0.1, 0.15) is 6.07 Å². The van der Waals surface area contributed by atoms with Crippen molar-refractivity contribution in [1.29, 1.82) is 5.26 Å². The van der Waals surface area contributed by atoms with Gasteiger partial charge in [-0.15, -0.1) is 0 Å². The normalized spacial score (nSPS) is 23.3. The van der Waals surface area contributed by atoms with Crippen molar-refractivity contribution in [3.05, 3.63) is 23.8 Å². The highest BCUT2D eigenvalue weighted by Crippen LogP contribution is 2.26. The second-order valence-corrected chi connectivity index (χ2v) is 4.67. The van der Waals surface area contributed by atoms with Crippen LogP contribution in [0.25, 0.3) is 0 Å². The van der Waals surface area contributed by atoms with Gasteiger partial charge in [-0.2, -0.15) is 5.26 Å². The number of nitrogens with one attached hydrogen (secondary N) is 1. The van der Waals surface area contributed by atoms with Gasteiger partial charge in [0.15, 0.2) is 0 Å². The van der Waals surface area contributed by atoms with Gasteiger partial charge in [-0.25, -0.2) is 0 Å². The number of hydrogen-bond donors (Lipinski definition) is 2. The molecule has 3 N–H and O–H groups in total. The molecule has 2 rings (SSSR count). The lowest BCUT2D eigenvalue weighted by Crippen LogP contribution is -2.32. The van der Waals surface area contributed by atoms with Crippen molar-refractivity contribution in [2.45, 2.75) is 25.4 Å². The van der Waals surface area contributed by atoms with Crippen molar-refractivity contribution in [1.82, 2.24) is 0 Å². The summed E-state index contributed by atoms with van der Waals surface area (Å²) in [5.41, 5.74) is 7.63. The van der Waals surface area contributed by atoms with E-state index in [1.807, 2.05) is 12.1 Å². The summed E-state index contributed by atoms with van der Waals surface area (Å²) in [7, 11) is 0. The van der Waals surface area contributed by atoms with Crippen molar-refractivity contribution in [2.24, 2.45) is 0 Å². The smallest absolute Gasteiger partial charge is 0.101 e. The Balaban J connectivity index is 2.00. The quantitative estimate of drug-likeness (QED) is 0.782.